The Morgan fingerprint density at radius 2 is 1.67 bits per heavy atom. The molecule has 0 aliphatic carbocycles. The van der Waals surface area contributed by atoms with Gasteiger partial charge < -0.3 is 4.74 Å². The maximum atomic E-state index is 10.2. The summed E-state index contributed by atoms with van der Waals surface area (Å²) in [7, 11) is 0. The van der Waals surface area contributed by atoms with Gasteiger partial charge in [-0.05, 0) is 20.8 Å². The van der Waals surface area contributed by atoms with Crippen molar-refractivity contribution in [1.82, 2.24) is 0 Å². The number of esters is 1. The van der Waals surface area contributed by atoms with Crippen molar-refractivity contribution in [2.24, 2.45) is 0 Å². The van der Waals surface area contributed by atoms with E-state index in [1.807, 2.05) is 20.8 Å². The molecular weight excluding hydrogens is 127 g/mol. The summed E-state index contributed by atoms with van der Waals surface area (Å²) >= 11 is 0. The Morgan fingerprint density at radius 3 is 1.67 bits per heavy atom. The zero-order valence-corrected chi connectivity index (χ0v) is 8.82. The number of hydrogen-bond acceptors (Lipinski definition) is 2. The first-order valence-electron chi connectivity index (χ1n) is 2.61. The van der Waals surface area contributed by atoms with E-state index in [4.69, 9.17) is 4.74 Å². The molecule has 0 saturated carbocycles. The summed E-state index contributed by atoms with van der Waals surface area (Å²) in [4.78, 5) is 10.2. The normalized spacial score (nSPS) is 9.78. The van der Waals surface area contributed by atoms with Gasteiger partial charge >= 0.3 is 5.97 Å². The zero-order valence-electron chi connectivity index (χ0n) is 6.82. The predicted molar refractivity (Wildman–Crippen MR) is 37.3 cm³/mol. The van der Waals surface area contributed by atoms with E-state index in [0.29, 0.717) is 0 Å². The summed E-state index contributed by atoms with van der Waals surface area (Å²) in [5, 5.41) is 0. The van der Waals surface area contributed by atoms with E-state index in [2.05, 4.69) is 0 Å². The Labute approximate surface area is 78.3 Å². The third-order valence-corrected chi connectivity index (χ3v) is 0.450. The molecule has 0 aromatic carbocycles. The Bertz CT molecular complexity index is 93.7. The van der Waals surface area contributed by atoms with Crippen molar-refractivity contribution in [2.75, 3.05) is 0 Å². The van der Waals surface area contributed by atoms with Gasteiger partial charge in [-0.1, -0.05) is 0 Å². The van der Waals surface area contributed by atoms with Crippen molar-refractivity contribution in [3.05, 3.63) is 0 Å². The topological polar surface area (TPSA) is 26.3 Å². The van der Waals surface area contributed by atoms with Crippen LogP contribution >= 0.6 is 0 Å². The van der Waals surface area contributed by atoms with Gasteiger partial charge in [0.15, 0.2) is 0 Å². The van der Waals surface area contributed by atoms with Crippen LogP contribution in [-0.2, 0) is 9.53 Å². The first kappa shape index (κ1) is 12.2. The molecule has 0 amide bonds. The molecule has 0 unspecified atom stereocenters. The monoisotopic (exact) mass is 139 g/mol. The Morgan fingerprint density at radius 1 is 1.33 bits per heavy atom. The fourth-order valence-corrected chi connectivity index (χ4v) is 0.431. The van der Waals surface area contributed by atoms with Gasteiger partial charge in [-0.3, -0.25) is 4.79 Å². The van der Waals surface area contributed by atoms with Crippen LogP contribution in [0.5, 0.6) is 0 Å². The van der Waals surface area contributed by atoms with Crippen LogP contribution in [0, 0.1) is 0 Å². The third-order valence-electron chi connectivity index (χ3n) is 0.450. The van der Waals surface area contributed by atoms with Gasteiger partial charge in [-0.2, -0.15) is 0 Å². The fraction of sp³-hybridized carbons (Fsp3) is 0.833. The van der Waals surface area contributed by atoms with E-state index >= 15 is 0 Å². The summed E-state index contributed by atoms with van der Waals surface area (Å²) in [6.07, 6.45) is 0. The standard InChI is InChI=1S/C6H12O2.Na/c1-5(7)8-6(2,3)4;/h1-4H3;. The molecular formula is C6H12NaO2. The van der Waals surface area contributed by atoms with Crippen molar-refractivity contribution >= 4 is 35.5 Å². The molecule has 0 rings (SSSR count). The molecule has 0 saturated heterocycles. The molecule has 1 radical (unpaired) electrons. The molecule has 0 atom stereocenters. The Kier molecular flexibility index (Phi) is 5.83. The summed E-state index contributed by atoms with van der Waals surface area (Å²) < 4.78 is 4.80. The molecule has 3 heteroatoms. The SMILES string of the molecule is CC(=O)OC(C)(C)C.[Na]. The Hall–Kier alpha value is 0.470. The maximum absolute atomic E-state index is 10.2. The molecule has 0 aromatic rings. The molecule has 9 heavy (non-hydrogen) atoms. The molecule has 2 nitrogen and oxygen atoms in total. The van der Waals surface area contributed by atoms with Gasteiger partial charge in [0.25, 0.3) is 0 Å². The second-order valence-electron chi connectivity index (χ2n) is 2.71. The number of ether oxygens (including phenoxy) is 1. The molecule has 0 N–H and O–H groups in total. The second-order valence-corrected chi connectivity index (χ2v) is 2.71. The summed E-state index contributed by atoms with van der Waals surface area (Å²) in [6, 6.07) is 0. The van der Waals surface area contributed by atoms with Crippen molar-refractivity contribution in [3.63, 3.8) is 0 Å². The number of carbonyl (C=O) groups excluding carboxylic acids is 1. The van der Waals surface area contributed by atoms with Crippen LogP contribution < -0.4 is 0 Å². The van der Waals surface area contributed by atoms with Gasteiger partial charge in [0.05, 0.1) is 0 Å². The number of rotatable bonds is 0. The minimum Gasteiger partial charge on any atom is -0.460 e. The van der Waals surface area contributed by atoms with E-state index in [1.54, 1.807) is 0 Å². The molecule has 0 bridgehead atoms. The van der Waals surface area contributed by atoms with Gasteiger partial charge in [0.1, 0.15) is 5.60 Å². The minimum atomic E-state index is -0.328. The number of carbonyl (C=O) groups is 1. The minimum absolute atomic E-state index is 0. The summed E-state index contributed by atoms with van der Waals surface area (Å²) in [6.45, 7) is 6.93. The van der Waals surface area contributed by atoms with E-state index in [9.17, 15) is 4.79 Å². The molecule has 0 spiro atoms. The van der Waals surface area contributed by atoms with Crippen LogP contribution in [0.15, 0.2) is 0 Å². The first-order valence-corrected chi connectivity index (χ1v) is 2.61. The van der Waals surface area contributed by atoms with Crippen molar-refractivity contribution < 1.29 is 9.53 Å². The van der Waals surface area contributed by atoms with Crippen molar-refractivity contribution in [2.45, 2.75) is 33.3 Å². The average Bonchev–Trinajstić information content (AvgIpc) is 1.21. The van der Waals surface area contributed by atoms with Crippen LogP contribution in [0.25, 0.3) is 0 Å². The molecule has 0 aromatic heterocycles. The zero-order chi connectivity index (χ0) is 6.78. The average molecular weight is 139 g/mol. The molecule has 49 valence electrons. The number of hydrogen-bond donors (Lipinski definition) is 0. The van der Waals surface area contributed by atoms with Crippen LogP contribution in [-0.4, -0.2) is 41.1 Å². The van der Waals surface area contributed by atoms with E-state index in [0.717, 1.165) is 0 Å². The van der Waals surface area contributed by atoms with Crippen LogP contribution in [0.3, 0.4) is 0 Å². The molecule has 0 aliphatic rings. The molecule has 0 fully saturated rings. The van der Waals surface area contributed by atoms with Crippen LogP contribution in [0.4, 0.5) is 0 Å². The summed E-state index contributed by atoms with van der Waals surface area (Å²) in [5.41, 5.74) is -0.328. The van der Waals surface area contributed by atoms with Gasteiger partial charge in [0, 0.05) is 36.5 Å². The Balaban J connectivity index is 0. The molecule has 0 aliphatic heterocycles. The fourth-order valence-electron chi connectivity index (χ4n) is 0.431. The van der Waals surface area contributed by atoms with E-state index in [1.165, 1.54) is 6.92 Å². The quantitative estimate of drug-likeness (QED) is 0.369. The maximum Gasteiger partial charge on any atom is 0.303 e. The van der Waals surface area contributed by atoms with Crippen molar-refractivity contribution in [1.29, 1.82) is 0 Å². The van der Waals surface area contributed by atoms with E-state index in [-0.39, 0.29) is 41.1 Å². The first-order chi connectivity index (χ1) is 3.42. The van der Waals surface area contributed by atoms with Gasteiger partial charge in [0.2, 0.25) is 0 Å². The van der Waals surface area contributed by atoms with Crippen LogP contribution in [0.2, 0.25) is 0 Å². The van der Waals surface area contributed by atoms with E-state index < -0.39 is 0 Å². The molecule has 0 heterocycles. The summed E-state index contributed by atoms with van der Waals surface area (Å²) in [5.74, 6) is -0.225. The largest absolute Gasteiger partial charge is 0.460 e. The smallest absolute Gasteiger partial charge is 0.303 e. The predicted octanol–water partition coefficient (Wildman–Crippen LogP) is 0.967. The van der Waals surface area contributed by atoms with Crippen molar-refractivity contribution in [3.8, 4) is 0 Å². The van der Waals surface area contributed by atoms with Gasteiger partial charge in [-0.15, -0.1) is 0 Å². The second kappa shape index (κ2) is 4.31. The third kappa shape index (κ3) is 11.8. The van der Waals surface area contributed by atoms with Crippen LogP contribution in [0.1, 0.15) is 27.7 Å². The van der Waals surface area contributed by atoms with Gasteiger partial charge in [-0.25, -0.2) is 0 Å².